The molecule has 9 nitrogen and oxygen atoms in total. The molecule has 2 heterocycles. The van der Waals surface area contributed by atoms with Crippen LogP contribution in [0.5, 0.6) is 0 Å². The first kappa shape index (κ1) is 34.0. The first-order valence-electron chi connectivity index (χ1n) is 10.9. The van der Waals surface area contributed by atoms with Crippen LogP contribution in [0.3, 0.4) is 0 Å². The van der Waals surface area contributed by atoms with Crippen LogP contribution in [0.25, 0.3) is 6.08 Å². The number of hydrazine groups is 1. The summed E-state index contributed by atoms with van der Waals surface area (Å²) in [6, 6.07) is 24.6. The van der Waals surface area contributed by atoms with E-state index in [9.17, 15) is 15.0 Å². The average molecular weight is 610 g/mol. The molecule has 5 rings (SSSR count). The van der Waals surface area contributed by atoms with Gasteiger partial charge in [-0.3, -0.25) is 15.0 Å². The van der Waals surface area contributed by atoms with Crippen molar-refractivity contribution in [1.29, 1.82) is 0 Å². The Morgan fingerprint density at radius 1 is 0.763 bits per heavy atom. The molecule has 0 amide bonds. The molecule has 0 bridgehead atoms. The second-order valence-corrected chi connectivity index (χ2v) is 7.61. The molecule has 0 saturated carbocycles. The predicted molar refractivity (Wildman–Crippen MR) is 141 cm³/mol. The Bertz CT molecular complexity index is 1250. The molecule has 6 N–H and O–H groups in total. The number of para-hydroxylation sites is 1. The molecular weight excluding hydrogens is 581 g/mol. The van der Waals surface area contributed by atoms with Crippen LogP contribution in [0.4, 0.5) is 5.69 Å². The van der Waals surface area contributed by atoms with Crippen LogP contribution in [0, 0.1) is 0 Å². The fourth-order valence-electron chi connectivity index (χ4n) is 3.55. The van der Waals surface area contributed by atoms with Crippen LogP contribution in [0.2, 0.25) is 0 Å². The van der Waals surface area contributed by atoms with E-state index in [1.165, 1.54) is 11.3 Å². The molecule has 3 aromatic carbocycles. The number of allylic oxidation sites excluding steroid dienone is 2. The summed E-state index contributed by atoms with van der Waals surface area (Å²) in [5.74, 6) is -1.89. The van der Waals surface area contributed by atoms with Crippen molar-refractivity contribution in [1.82, 2.24) is 5.01 Å². The molecular formula is C28H29N3O6Pd. The van der Waals surface area contributed by atoms with Gasteiger partial charge in [0.25, 0.3) is 0 Å². The third kappa shape index (κ3) is 8.81. The van der Waals surface area contributed by atoms with Crippen molar-refractivity contribution in [2.75, 3.05) is 5.01 Å². The number of nitrogens with zero attached hydrogens (tertiary/aromatic N) is 3. The number of aliphatic imine (C=N–C) groups is 1. The van der Waals surface area contributed by atoms with E-state index in [-0.39, 0.29) is 43.3 Å². The first-order valence-corrected chi connectivity index (χ1v) is 10.9. The number of rotatable bonds is 5. The van der Waals surface area contributed by atoms with Crippen LogP contribution < -0.4 is 15.2 Å². The molecule has 0 spiro atoms. The van der Waals surface area contributed by atoms with E-state index in [2.05, 4.69) is 57.8 Å². The molecule has 1 unspecified atom stereocenters. The fourth-order valence-corrected chi connectivity index (χ4v) is 3.55. The van der Waals surface area contributed by atoms with Crippen LogP contribution >= 0.6 is 0 Å². The smallest absolute Gasteiger partial charge is 0.858 e. The topological polar surface area (TPSA) is 177 Å². The van der Waals surface area contributed by atoms with Crippen LogP contribution in [-0.2, 0) is 31.6 Å². The number of anilines is 1. The third-order valence-corrected chi connectivity index (χ3v) is 5.25. The average Bonchev–Trinajstić information content (AvgIpc) is 2.89. The maximum Gasteiger partial charge on any atom is 2.00 e. The van der Waals surface area contributed by atoms with Crippen molar-refractivity contribution in [2.24, 2.45) is 4.99 Å². The number of carbonyl (C=O) groups excluding carboxylic acids is 1. The van der Waals surface area contributed by atoms with Crippen molar-refractivity contribution < 1.29 is 51.9 Å². The summed E-state index contributed by atoms with van der Waals surface area (Å²) in [5.41, 5.74) is 3.64. The van der Waals surface area contributed by atoms with Gasteiger partial charge in [-0.25, -0.2) is 0 Å². The maximum atomic E-state index is 11.9. The molecule has 0 radical (unpaired) electrons. The van der Waals surface area contributed by atoms with Gasteiger partial charge in [0.1, 0.15) is 0 Å². The fraction of sp³-hybridized carbons (Fsp3) is 0.0714. The molecule has 0 fully saturated rings. The van der Waals surface area contributed by atoms with Crippen LogP contribution in [0.1, 0.15) is 16.7 Å². The van der Waals surface area contributed by atoms with Gasteiger partial charge < -0.3 is 31.4 Å². The summed E-state index contributed by atoms with van der Waals surface area (Å²) in [6.07, 6.45) is 12.5. The molecule has 0 aliphatic carbocycles. The van der Waals surface area contributed by atoms with Gasteiger partial charge in [0.05, 0.1) is 17.7 Å². The van der Waals surface area contributed by atoms with Crippen molar-refractivity contribution in [2.45, 2.75) is 12.5 Å². The molecule has 10 heteroatoms. The van der Waals surface area contributed by atoms with E-state index < -0.39 is 17.9 Å². The maximum absolute atomic E-state index is 11.9. The van der Waals surface area contributed by atoms with Gasteiger partial charge in [-0.1, -0.05) is 78.9 Å². The van der Waals surface area contributed by atoms with Gasteiger partial charge in [-0.2, -0.15) is 0 Å². The van der Waals surface area contributed by atoms with E-state index in [1.807, 2.05) is 24.4 Å². The molecule has 1 atom stereocenters. The Morgan fingerprint density at radius 3 is 2.00 bits per heavy atom. The normalized spacial score (nSPS) is 13.0. The van der Waals surface area contributed by atoms with Crippen molar-refractivity contribution in [3.05, 3.63) is 132 Å². The monoisotopic (exact) mass is 609 g/mol. The molecule has 3 aromatic rings. The van der Waals surface area contributed by atoms with E-state index in [1.54, 1.807) is 54.6 Å². The Kier molecular flexibility index (Phi) is 14.9. The van der Waals surface area contributed by atoms with E-state index >= 15 is 0 Å². The first-order chi connectivity index (χ1) is 16.6. The summed E-state index contributed by atoms with van der Waals surface area (Å²) in [5, 5.41) is 27.2. The second-order valence-electron chi connectivity index (χ2n) is 7.61. The summed E-state index contributed by atoms with van der Waals surface area (Å²) >= 11 is 0. The molecule has 2 aliphatic heterocycles. The van der Waals surface area contributed by atoms with Crippen molar-refractivity contribution in [3.8, 4) is 0 Å². The third-order valence-electron chi connectivity index (χ3n) is 5.25. The molecule has 0 aromatic heterocycles. The Balaban J connectivity index is 0.000000678. The van der Waals surface area contributed by atoms with Gasteiger partial charge in [-0.15, -0.1) is 0 Å². The summed E-state index contributed by atoms with van der Waals surface area (Å²) in [7, 11) is 0. The minimum Gasteiger partial charge on any atom is -0.858 e. The van der Waals surface area contributed by atoms with Gasteiger partial charge in [0.2, 0.25) is 0 Å². The number of aliphatic carboxylic acids is 1. The summed E-state index contributed by atoms with van der Waals surface area (Å²) < 4.78 is 0. The van der Waals surface area contributed by atoms with Gasteiger partial charge in [0, 0.05) is 30.6 Å². The largest absolute Gasteiger partial charge is 2.00 e. The molecule has 202 valence electrons. The van der Waals surface area contributed by atoms with Crippen LogP contribution in [0.15, 0.2) is 121 Å². The molecule has 38 heavy (non-hydrogen) atoms. The Hall–Kier alpha value is -4.04. The Labute approximate surface area is 234 Å². The van der Waals surface area contributed by atoms with Crippen molar-refractivity contribution in [3.63, 3.8) is 0 Å². The van der Waals surface area contributed by atoms with Crippen molar-refractivity contribution >= 4 is 23.6 Å². The van der Waals surface area contributed by atoms with Crippen LogP contribution in [-0.4, -0.2) is 39.3 Å². The predicted octanol–water partition coefficient (Wildman–Crippen LogP) is 0.413. The van der Waals surface area contributed by atoms with E-state index in [0.717, 1.165) is 5.56 Å². The van der Waals surface area contributed by atoms with Gasteiger partial charge >= 0.3 is 20.4 Å². The standard InChI is InChI=1S/C16H15NO3.C12H10N2.3H2O.Pd/c18-15(13-9-5-2-6-10-13)17-14(16(19)20)11-12-7-3-1-4-8-12;1-2-6-12-11(5-1)7-10-13-8-3-4-9-14(12)13;;;;/h1-10,14H,11H2,(H,17,18)(H,19,20);1-10H;3*1H2;/q;;;;;+2/p-2. The quantitative estimate of drug-likeness (QED) is 0.231. The number of carboxylic acid groups (broad SMARTS) is 1. The zero-order valence-electron chi connectivity index (χ0n) is 20.2. The zero-order valence-corrected chi connectivity index (χ0v) is 21.8. The molecule has 0 saturated heterocycles. The summed E-state index contributed by atoms with van der Waals surface area (Å²) in [4.78, 5) is 14.9. The number of carboxylic acids is 1. The number of carbonyl (C=O) groups is 1. The van der Waals surface area contributed by atoms with E-state index in [0.29, 0.717) is 5.56 Å². The SMILES string of the molecule is C1=CN2C=Cc3ccccc3N2C=C1.O.O.O.O=C([O-])C(Cc1ccccc1)N=C([O-])c1ccccc1.[Pd+2]. The minimum atomic E-state index is -1.35. The van der Waals surface area contributed by atoms with E-state index in [4.69, 9.17) is 0 Å². The number of hydrogen-bond acceptors (Lipinski definition) is 6. The molecule has 2 aliphatic rings. The second kappa shape index (κ2) is 16.7. The number of hydrogen-bond donors (Lipinski definition) is 0. The summed E-state index contributed by atoms with van der Waals surface area (Å²) in [6.45, 7) is 0. The van der Waals surface area contributed by atoms with Gasteiger partial charge in [-0.05, 0) is 41.3 Å². The Morgan fingerprint density at radius 2 is 1.34 bits per heavy atom. The zero-order chi connectivity index (χ0) is 23.8. The number of fused-ring (bicyclic) bond motifs is 3. The minimum absolute atomic E-state index is 0. The van der Waals surface area contributed by atoms with Gasteiger partial charge in [0.15, 0.2) is 0 Å². The number of benzene rings is 3.